The summed E-state index contributed by atoms with van der Waals surface area (Å²) in [6.45, 7) is 2.08. The SMILES string of the molecule is CCOC(=O)/C=C/C[C@@H]1N[C@@H](C(=O)O)Cc2c1[nH]c1ccccc21. The zero-order chi connectivity index (χ0) is 17.1. The molecule has 6 nitrogen and oxygen atoms in total. The van der Waals surface area contributed by atoms with Crippen LogP contribution in [0.2, 0.25) is 0 Å². The fourth-order valence-electron chi connectivity index (χ4n) is 3.16. The molecule has 6 heteroatoms. The molecule has 1 aliphatic rings. The van der Waals surface area contributed by atoms with Crippen LogP contribution in [0.4, 0.5) is 0 Å². The third-order valence-corrected chi connectivity index (χ3v) is 4.22. The van der Waals surface area contributed by atoms with Gasteiger partial charge in [0.05, 0.1) is 12.6 Å². The first kappa shape index (κ1) is 16.3. The van der Waals surface area contributed by atoms with Crippen molar-refractivity contribution in [3.05, 3.63) is 47.7 Å². The topological polar surface area (TPSA) is 91.4 Å². The number of carbonyl (C=O) groups is 2. The number of benzene rings is 1. The summed E-state index contributed by atoms with van der Waals surface area (Å²) in [7, 11) is 0. The number of hydrogen-bond acceptors (Lipinski definition) is 4. The molecule has 1 aromatic heterocycles. The number of aromatic nitrogens is 1. The lowest BCUT2D eigenvalue weighted by Gasteiger charge is -2.28. The number of nitrogens with one attached hydrogen (secondary N) is 2. The van der Waals surface area contributed by atoms with Gasteiger partial charge < -0.3 is 14.8 Å². The van der Waals surface area contributed by atoms with Crippen molar-refractivity contribution in [2.24, 2.45) is 0 Å². The van der Waals surface area contributed by atoms with Crippen LogP contribution < -0.4 is 5.32 Å². The first-order chi connectivity index (χ1) is 11.6. The van der Waals surface area contributed by atoms with E-state index >= 15 is 0 Å². The van der Waals surface area contributed by atoms with Crippen molar-refractivity contribution in [1.82, 2.24) is 10.3 Å². The molecule has 2 heterocycles. The van der Waals surface area contributed by atoms with Crippen molar-refractivity contribution < 1.29 is 19.4 Å². The van der Waals surface area contributed by atoms with E-state index in [1.54, 1.807) is 13.0 Å². The maximum atomic E-state index is 11.5. The first-order valence-corrected chi connectivity index (χ1v) is 8.01. The minimum Gasteiger partial charge on any atom is -0.480 e. The van der Waals surface area contributed by atoms with E-state index in [0.29, 0.717) is 19.4 Å². The molecule has 2 aromatic rings. The van der Waals surface area contributed by atoms with Gasteiger partial charge >= 0.3 is 11.9 Å². The first-order valence-electron chi connectivity index (χ1n) is 8.01. The number of H-pyrrole nitrogens is 1. The average Bonchev–Trinajstić information content (AvgIpc) is 2.94. The second-order valence-corrected chi connectivity index (χ2v) is 5.77. The molecule has 0 saturated carbocycles. The zero-order valence-electron chi connectivity index (χ0n) is 13.4. The number of carbonyl (C=O) groups excluding carboxylic acids is 1. The highest BCUT2D eigenvalue weighted by Gasteiger charge is 2.32. The molecular weight excluding hydrogens is 308 g/mol. The maximum Gasteiger partial charge on any atom is 0.330 e. The number of rotatable bonds is 5. The van der Waals surface area contributed by atoms with Gasteiger partial charge in [-0.3, -0.25) is 10.1 Å². The Morgan fingerprint density at radius 3 is 2.92 bits per heavy atom. The van der Waals surface area contributed by atoms with E-state index in [-0.39, 0.29) is 12.0 Å². The molecule has 0 radical (unpaired) electrons. The largest absolute Gasteiger partial charge is 0.480 e. The van der Waals surface area contributed by atoms with Crippen molar-refractivity contribution in [1.29, 1.82) is 0 Å². The lowest BCUT2D eigenvalue weighted by Crippen LogP contribution is -2.44. The number of para-hydroxylation sites is 1. The summed E-state index contributed by atoms with van der Waals surface area (Å²) in [6.07, 6.45) is 4.04. The van der Waals surface area contributed by atoms with Gasteiger partial charge in [-0.05, 0) is 25.0 Å². The van der Waals surface area contributed by atoms with Crippen LogP contribution in [0.25, 0.3) is 10.9 Å². The van der Waals surface area contributed by atoms with Crippen LogP contribution in [0, 0.1) is 0 Å². The molecule has 0 spiro atoms. The average molecular weight is 328 g/mol. The van der Waals surface area contributed by atoms with Gasteiger partial charge in [0.25, 0.3) is 0 Å². The van der Waals surface area contributed by atoms with E-state index in [9.17, 15) is 14.7 Å². The van der Waals surface area contributed by atoms with Crippen LogP contribution in [0.1, 0.15) is 30.6 Å². The molecule has 2 atom stereocenters. The third-order valence-electron chi connectivity index (χ3n) is 4.22. The van der Waals surface area contributed by atoms with E-state index in [1.807, 2.05) is 24.3 Å². The Labute approximate surface area is 139 Å². The summed E-state index contributed by atoms with van der Waals surface area (Å²) in [5.74, 6) is -1.26. The monoisotopic (exact) mass is 328 g/mol. The molecule has 0 aliphatic carbocycles. The number of ether oxygens (including phenoxy) is 1. The maximum absolute atomic E-state index is 11.5. The Kier molecular flexibility index (Phi) is 4.66. The van der Waals surface area contributed by atoms with E-state index in [4.69, 9.17) is 4.74 Å². The Morgan fingerprint density at radius 1 is 1.38 bits per heavy atom. The van der Waals surface area contributed by atoms with Crippen molar-refractivity contribution in [2.45, 2.75) is 31.8 Å². The molecule has 3 rings (SSSR count). The second-order valence-electron chi connectivity index (χ2n) is 5.77. The van der Waals surface area contributed by atoms with Crippen LogP contribution >= 0.6 is 0 Å². The molecular formula is C18H20N2O4. The summed E-state index contributed by atoms with van der Waals surface area (Å²) < 4.78 is 4.86. The molecule has 24 heavy (non-hydrogen) atoms. The molecule has 0 saturated heterocycles. The van der Waals surface area contributed by atoms with Crippen LogP contribution in [0.15, 0.2) is 36.4 Å². The summed E-state index contributed by atoms with van der Waals surface area (Å²) in [4.78, 5) is 26.3. The molecule has 1 aliphatic heterocycles. The molecule has 0 unspecified atom stereocenters. The normalized spacial score (nSPS) is 20.2. The summed E-state index contributed by atoms with van der Waals surface area (Å²) in [6, 6.07) is 7.05. The van der Waals surface area contributed by atoms with Gasteiger partial charge in [0.15, 0.2) is 0 Å². The number of esters is 1. The van der Waals surface area contributed by atoms with Crippen LogP contribution in [-0.4, -0.2) is 34.7 Å². The lowest BCUT2D eigenvalue weighted by molar-refractivity contribution is -0.140. The molecule has 3 N–H and O–H groups in total. The van der Waals surface area contributed by atoms with Crippen LogP contribution in [-0.2, 0) is 20.7 Å². The number of aliphatic carboxylic acids is 1. The molecule has 0 fully saturated rings. The standard InChI is InChI=1S/C18H20N2O4/c1-2-24-16(21)9-5-8-14-17-12(10-15(19-14)18(22)23)11-6-3-4-7-13(11)20-17/h3-7,9,14-15,19-20H,2,8,10H2,1H3,(H,22,23)/b9-5+/t14-,15+/m0/s1. The predicted octanol–water partition coefficient (Wildman–Crippen LogP) is 2.32. The van der Waals surface area contributed by atoms with Gasteiger partial charge in [-0.2, -0.15) is 0 Å². The highest BCUT2D eigenvalue weighted by atomic mass is 16.5. The molecule has 1 aromatic carbocycles. The van der Waals surface area contributed by atoms with Crippen molar-refractivity contribution in [2.75, 3.05) is 6.61 Å². The fraction of sp³-hybridized carbons (Fsp3) is 0.333. The zero-order valence-corrected chi connectivity index (χ0v) is 13.4. The Bertz CT molecular complexity index is 793. The number of aromatic amines is 1. The minimum atomic E-state index is -0.870. The van der Waals surface area contributed by atoms with E-state index < -0.39 is 12.0 Å². The number of carboxylic acid groups (broad SMARTS) is 1. The Morgan fingerprint density at radius 2 is 2.17 bits per heavy atom. The lowest BCUT2D eigenvalue weighted by atomic mass is 9.92. The third kappa shape index (κ3) is 3.19. The van der Waals surface area contributed by atoms with Gasteiger partial charge in [-0.25, -0.2) is 4.79 Å². The second kappa shape index (κ2) is 6.88. The van der Waals surface area contributed by atoms with E-state index in [2.05, 4.69) is 10.3 Å². The summed E-state index contributed by atoms with van der Waals surface area (Å²) in [5.41, 5.74) is 3.02. The Hall–Kier alpha value is -2.60. The fourth-order valence-corrected chi connectivity index (χ4v) is 3.16. The van der Waals surface area contributed by atoms with Gasteiger partial charge in [-0.1, -0.05) is 24.3 Å². The van der Waals surface area contributed by atoms with Gasteiger partial charge in [0.1, 0.15) is 6.04 Å². The number of fused-ring (bicyclic) bond motifs is 3. The van der Waals surface area contributed by atoms with Gasteiger partial charge in [0, 0.05) is 29.1 Å². The van der Waals surface area contributed by atoms with E-state index in [0.717, 1.165) is 22.2 Å². The quantitative estimate of drug-likeness (QED) is 0.579. The van der Waals surface area contributed by atoms with Crippen LogP contribution in [0.5, 0.6) is 0 Å². The summed E-state index contributed by atoms with van der Waals surface area (Å²) in [5, 5.41) is 13.6. The molecule has 0 bridgehead atoms. The highest BCUT2D eigenvalue weighted by molar-refractivity contribution is 5.87. The summed E-state index contributed by atoms with van der Waals surface area (Å²) >= 11 is 0. The van der Waals surface area contributed by atoms with Gasteiger partial charge in [-0.15, -0.1) is 0 Å². The minimum absolute atomic E-state index is 0.187. The predicted molar refractivity (Wildman–Crippen MR) is 89.7 cm³/mol. The highest BCUT2D eigenvalue weighted by Crippen LogP contribution is 2.33. The van der Waals surface area contributed by atoms with Crippen molar-refractivity contribution >= 4 is 22.8 Å². The van der Waals surface area contributed by atoms with Gasteiger partial charge in [0.2, 0.25) is 0 Å². The number of carboxylic acids is 1. The Balaban J connectivity index is 1.89. The van der Waals surface area contributed by atoms with E-state index in [1.165, 1.54) is 6.08 Å². The number of hydrogen-bond donors (Lipinski definition) is 3. The molecule has 126 valence electrons. The van der Waals surface area contributed by atoms with Crippen molar-refractivity contribution in [3.8, 4) is 0 Å². The van der Waals surface area contributed by atoms with Crippen molar-refractivity contribution in [3.63, 3.8) is 0 Å². The smallest absolute Gasteiger partial charge is 0.330 e. The molecule has 0 amide bonds. The van der Waals surface area contributed by atoms with Crippen LogP contribution in [0.3, 0.4) is 0 Å².